The number of benzene rings is 4. The van der Waals surface area contributed by atoms with Crippen LogP contribution in [0.1, 0.15) is 53.9 Å². The number of amides is 1. The van der Waals surface area contributed by atoms with Crippen molar-refractivity contribution in [2.45, 2.75) is 33.4 Å². The van der Waals surface area contributed by atoms with Crippen LogP contribution in [0.15, 0.2) is 124 Å². The largest absolute Gasteiger partial charge is 0.494 e. The van der Waals surface area contributed by atoms with Gasteiger partial charge in [-0.1, -0.05) is 65.9 Å². The Morgan fingerprint density at radius 1 is 0.857 bits per heavy atom. The quantitative estimate of drug-likeness (QED) is 0.172. The first-order valence-electron chi connectivity index (χ1n) is 15.9. The molecule has 0 aliphatic carbocycles. The summed E-state index contributed by atoms with van der Waals surface area (Å²) in [7, 11) is 0. The van der Waals surface area contributed by atoms with Gasteiger partial charge in [-0.3, -0.25) is 14.2 Å². The minimum Gasteiger partial charge on any atom is -0.494 e. The van der Waals surface area contributed by atoms with E-state index >= 15 is 0 Å². The van der Waals surface area contributed by atoms with Crippen molar-refractivity contribution < 1.29 is 23.8 Å². The van der Waals surface area contributed by atoms with Gasteiger partial charge >= 0.3 is 5.97 Å². The maximum atomic E-state index is 14.1. The molecule has 0 radical (unpaired) electrons. The number of para-hydroxylation sites is 1. The highest BCUT2D eigenvalue weighted by atomic mass is 32.1. The molecule has 10 heteroatoms. The number of nitrogens with one attached hydrogen (secondary N) is 1. The fraction of sp³-hybridized carbons (Fsp3) is 0.179. The molecule has 1 aliphatic rings. The predicted molar refractivity (Wildman–Crippen MR) is 190 cm³/mol. The smallest absolute Gasteiger partial charge is 0.338 e. The van der Waals surface area contributed by atoms with Crippen molar-refractivity contribution in [3.63, 3.8) is 0 Å². The van der Waals surface area contributed by atoms with E-state index in [-0.39, 0.29) is 17.4 Å². The van der Waals surface area contributed by atoms with Gasteiger partial charge in [-0.15, -0.1) is 0 Å². The highest BCUT2D eigenvalue weighted by Crippen LogP contribution is 2.32. The third-order valence-electron chi connectivity index (χ3n) is 7.85. The molecule has 0 saturated carbocycles. The number of rotatable bonds is 11. The number of allylic oxidation sites excluding steroid dienone is 1. The molecule has 2 heterocycles. The van der Waals surface area contributed by atoms with Crippen molar-refractivity contribution >= 4 is 35.0 Å². The van der Waals surface area contributed by atoms with E-state index < -0.39 is 6.04 Å². The van der Waals surface area contributed by atoms with Crippen LogP contribution < -0.4 is 29.7 Å². The Balaban J connectivity index is 1.27. The average molecular weight is 674 g/mol. The van der Waals surface area contributed by atoms with Gasteiger partial charge < -0.3 is 19.5 Å². The van der Waals surface area contributed by atoms with Gasteiger partial charge in [-0.05, 0) is 92.1 Å². The summed E-state index contributed by atoms with van der Waals surface area (Å²) in [6.45, 7) is 6.66. The molecule has 1 aliphatic heterocycles. The fourth-order valence-corrected chi connectivity index (χ4v) is 6.54. The molecule has 248 valence electrons. The summed E-state index contributed by atoms with van der Waals surface area (Å²) >= 11 is 1.28. The number of aromatic nitrogens is 1. The number of thiazole rings is 1. The molecule has 6 rings (SSSR count). The molecule has 4 aromatic carbocycles. The second-order valence-corrected chi connectivity index (χ2v) is 12.2. The lowest BCUT2D eigenvalue weighted by Gasteiger charge is -2.25. The van der Waals surface area contributed by atoms with Crippen LogP contribution in [0.2, 0.25) is 0 Å². The van der Waals surface area contributed by atoms with Crippen molar-refractivity contribution in [2.75, 3.05) is 18.5 Å². The normalized spacial score (nSPS) is 14.1. The third-order valence-corrected chi connectivity index (χ3v) is 8.84. The first-order chi connectivity index (χ1) is 23.8. The van der Waals surface area contributed by atoms with Gasteiger partial charge in [-0.25, -0.2) is 9.79 Å². The van der Waals surface area contributed by atoms with E-state index in [1.165, 1.54) is 11.3 Å². The predicted octanol–water partition coefficient (Wildman–Crippen LogP) is 6.03. The first kappa shape index (κ1) is 33.2. The molecule has 0 saturated heterocycles. The molecule has 1 N–H and O–H groups in total. The summed E-state index contributed by atoms with van der Waals surface area (Å²) in [5.74, 6) is 0.683. The zero-order chi connectivity index (χ0) is 34.3. The van der Waals surface area contributed by atoms with Gasteiger partial charge in [0.25, 0.3) is 11.5 Å². The summed E-state index contributed by atoms with van der Waals surface area (Å²) in [5, 5.41) is 2.98. The maximum Gasteiger partial charge on any atom is 0.338 e. The number of hydrogen-bond acceptors (Lipinski definition) is 8. The van der Waals surface area contributed by atoms with Gasteiger partial charge in [0.2, 0.25) is 0 Å². The Labute approximate surface area is 287 Å². The van der Waals surface area contributed by atoms with Crippen LogP contribution in [-0.4, -0.2) is 29.7 Å². The van der Waals surface area contributed by atoms with Crippen molar-refractivity contribution in [1.29, 1.82) is 0 Å². The molecule has 0 spiro atoms. The van der Waals surface area contributed by atoms with Crippen molar-refractivity contribution in [2.24, 2.45) is 4.99 Å². The Hall–Kier alpha value is -5.74. The van der Waals surface area contributed by atoms with E-state index in [1.807, 2.05) is 104 Å². The van der Waals surface area contributed by atoms with E-state index in [0.29, 0.717) is 63.2 Å². The van der Waals surface area contributed by atoms with E-state index in [4.69, 9.17) is 19.2 Å². The maximum absolute atomic E-state index is 14.1. The molecular formula is C39H35N3O6S. The van der Waals surface area contributed by atoms with Crippen LogP contribution >= 0.6 is 11.3 Å². The SMILES string of the molecule is CCOC(=O)c1ccc(COc2ccc(/C=c3\sc4n(c3=O)[C@H](c3ccc(OCC)cc3)C(C(=O)Nc3ccccc3)=C(C)N=4)cc2)cc1. The molecular weight excluding hydrogens is 639 g/mol. The molecule has 1 amide bonds. The third kappa shape index (κ3) is 7.55. The second-order valence-electron chi connectivity index (χ2n) is 11.2. The highest BCUT2D eigenvalue weighted by molar-refractivity contribution is 7.07. The Morgan fingerprint density at radius 2 is 1.53 bits per heavy atom. The molecule has 9 nitrogen and oxygen atoms in total. The van der Waals surface area contributed by atoms with Crippen LogP contribution in [0.4, 0.5) is 5.69 Å². The van der Waals surface area contributed by atoms with E-state index in [9.17, 15) is 14.4 Å². The monoisotopic (exact) mass is 673 g/mol. The highest BCUT2D eigenvalue weighted by Gasteiger charge is 2.32. The minimum absolute atomic E-state index is 0.244. The number of carbonyl (C=O) groups excluding carboxylic acids is 2. The summed E-state index contributed by atoms with van der Waals surface area (Å²) in [5.41, 5.74) is 4.32. The van der Waals surface area contributed by atoms with Crippen molar-refractivity contribution in [3.8, 4) is 11.5 Å². The molecule has 1 atom stereocenters. The zero-order valence-corrected chi connectivity index (χ0v) is 28.2. The fourth-order valence-electron chi connectivity index (χ4n) is 5.49. The standard InChI is InChI=1S/C39H35N3O6S/c1-4-46-31-21-17-28(18-22-31)35-34(36(43)41-30-9-7-6-8-10-30)25(3)40-39-42(35)37(44)33(49-39)23-26-13-19-32(20-14-26)48-24-27-11-15-29(16-12-27)38(45)47-5-2/h6-23,35H,4-5,24H2,1-3H3,(H,41,43)/b33-23-/t35-/m1/s1. The number of nitrogens with zero attached hydrogens (tertiary/aromatic N) is 2. The van der Waals surface area contributed by atoms with Crippen molar-refractivity contribution in [1.82, 2.24) is 4.57 Å². The van der Waals surface area contributed by atoms with Gasteiger partial charge in [0.05, 0.1) is 40.6 Å². The van der Waals surface area contributed by atoms with E-state index in [1.54, 1.807) is 30.5 Å². The molecule has 0 bridgehead atoms. The van der Waals surface area contributed by atoms with E-state index in [0.717, 1.165) is 16.7 Å². The number of ether oxygens (including phenoxy) is 3. The molecule has 0 fully saturated rings. The number of carbonyl (C=O) groups is 2. The number of fused-ring (bicyclic) bond motifs is 1. The Morgan fingerprint density at radius 3 is 2.20 bits per heavy atom. The lowest BCUT2D eigenvalue weighted by atomic mass is 9.95. The number of hydrogen-bond donors (Lipinski definition) is 1. The van der Waals surface area contributed by atoms with Crippen LogP contribution in [0.25, 0.3) is 6.08 Å². The second kappa shape index (κ2) is 15.0. The van der Waals surface area contributed by atoms with Crippen LogP contribution in [-0.2, 0) is 16.1 Å². The Bertz CT molecular complexity index is 2170. The van der Waals surface area contributed by atoms with Gasteiger partial charge in [0, 0.05) is 5.69 Å². The van der Waals surface area contributed by atoms with E-state index in [2.05, 4.69) is 5.32 Å². The first-order valence-corrected chi connectivity index (χ1v) is 16.8. The molecule has 5 aromatic rings. The summed E-state index contributed by atoms with van der Waals surface area (Å²) in [6, 6.07) is 30.5. The molecule has 1 aromatic heterocycles. The van der Waals surface area contributed by atoms with Gasteiger partial charge in [-0.2, -0.15) is 0 Å². The van der Waals surface area contributed by atoms with Gasteiger partial charge in [0.15, 0.2) is 4.80 Å². The molecule has 49 heavy (non-hydrogen) atoms. The van der Waals surface area contributed by atoms with Crippen LogP contribution in [0.3, 0.4) is 0 Å². The summed E-state index contributed by atoms with van der Waals surface area (Å²) in [4.78, 5) is 45.0. The summed E-state index contributed by atoms with van der Waals surface area (Å²) in [6.07, 6.45) is 1.82. The number of esters is 1. The van der Waals surface area contributed by atoms with Gasteiger partial charge in [0.1, 0.15) is 18.1 Å². The minimum atomic E-state index is -0.695. The number of anilines is 1. The lowest BCUT2D eigenvalue weighted by molar-refractivity contribution is -0.113. The average Bonchev–Trinajstić information content (AvgIpc) is 3.42. The Kier molecular flexibility index (Phi) is 10.2. The zero-order valence-electron chi connectivity index (χ0n) is 27.3. The topological polar surface area (TPSA) is 108 Å². The van der Waals surface area contributed by atoms with Crippen molar-refractivity contribution in [3.05, 3.63) is 156 Å². The summed E-state index contributed by atoms with van der Waals surface area (Å²) < 4.78 is 18.7. The van der Waals surface area contributed by atoms with Crippen LogP contribution in [0.5, 0.6) is 11.5 Å². The molecule has 0 unspecified atom stereocenters. The lowest BCUT2D eigenvalue weighted by Crippen LogP contribution is -2.40. The van der Waals surface area contributed by atoms with Crippen LogP contribution in [0, 0.1) is 0 Å².